The van der Waals surface area contributed by atoms with Crippen molar-refractivity contribution in [2.24, 2.45) is 0 Å². The summed E-state index contributed by atoms with van der Waals surface area (Å²) in [5, 5.41) is 10.2. The lowest BCUT2D eigenvalue weighted by molar-refractivity contribution is 0.00578. The number of phenols is 1. The molecule has 0 radical (unpaired) electrons. The number of hydrogen-bond donors (Lipinski definition) is 1. The van der Waals surface area contributed by atoms with Crippen molar-refractivity contribution in [3.05, 3.63) is 16.7 Å². The molecule has 20 heavy (non-hydrogen) atoms. The zero-order chi connectivity index (χ0) is 15.3. The quantitative estimate of drug-likeness (QED) is 0.853. The number of phenolic OH excluding ortho intramolecular Hbond substituents is 1. The van der Waals surface area contributed by atoms with Gasteiger partial charge in [-0.05, 0) is 51.7 Å². The van der Waals surface area contributed by atoms with Crippen molar-refractivity contribution in [2.45, 2.75) is 45.8 Å². The predicted octanol–water partition coefficient (Wildman–Crippen LogP) is 2.66. The Hall–Kier alpha value is -0.905. The van der Waals surface area contributed by atoms with Crippen molar-refractivity contribution in [3.63, 3.8) is 0 Å². The van der Waals surface area contributed by atoms with Gasteiger partial charge in [0.1, 0.15) is 0 Å². The third kappa shape index (κ3) is 2.28. The lowest BCUT2D eigenvalue weighted by Crippen LogP contribution is -2.41. The molecular weight excluding hydrogens is 278 g/mol. The number of benzene rings is 1. The van der Waals surface area contributed by atoms with Gasteiger partial charge in [0.15, 0.2) is 11.5 Å². The largest absolute Gasteiger partial charge is 0.503 e. The molecule has 4 nitrogen and oxygen atoms in total. The highest BCUT2D eigenvalue weighted by atomic mass is 35.5. The Kier molecular flexibility index (Phi) is 3.74. The maximum atomic E-state index is 9.91. The van der Waals surface area contributed by atoms with Gasteiger partial charge in [-0.2, -0.15) is 0 Å². The molecule has 0 unspecified atom stereocenters. The normalized spacial score (nSPS) is 20.2. The zero-order valence-electron chi connectivity index (χ0n) is 12.7. The number of halogens is 1. The van der Waals surface area contributed by atoms with Crippen molar-refractivity contribution in [3.8, 4) is 11.5 Å². The van der Waals surface area contributed by atoms with Gasteiger partial charge in [0.2, 0.25) is 0 Å². The molecule has 1 aliphatic rings. The molecule has 0 aliphatic carbocycles. The lowest BCUT2D eigenvalue weighted by atomic mass is 9.76. The van der Waals surface area contributed by atoms with E-state index in [1.165, 1.54) is 7.11 Å². The SMILES string of the molecule is COc1cc(B2OC(C)(C)C(C)(C)O2)c(C)c(Cl)c1O. The number of rotatable bonds is 2. The summed E-state index contributed by atoms with van der Waals surface area (Å²) in [6.45, 7) is 9.77. The summed E-state index contributed by atoms with van der Waals surface area (Å²) < 4.78 is 17.2. The fourth-order valence-corrected chi connectivity index (χ4v) is 2.30. The molecule has 110 valence electrons. The van der Waals surface area contributed by atoms with E-state index in [0.717, 1.165) is 11.0 Å². The summed E-state index contributed by atoms with van der Waals surface area (Å²) in [4.78, 5) is 0. The van der Waals surface area contributed by atoms with Crippen LogP contribution in [0, 0.1) is 6.92 Å². The van der Waals surface area contributed by atoms with Gasteiger partial charge in [-0.15, -0.1) is 0 Å². The molecule has 0 atom stereocenters. The summed E-state index contributed by atoms with van der Waals surface area (Å²) >= 11 is 6.15. The molecule has 2 rings (SSSR count). The first-order valence-corrected chi connectivity index (χ1v) is 6.90. The first-order valence-electron chi connectivity index (χ1n) is 6.52. The summed E-state index contributed by atoms with van der Waals surface area (Å²) in [6.07, 6.45) is 0. The van der Waals surface area contributed by atoms with Crippen LogP contribution in [-0.4, -0.2) is 30.5 Å². The van der Waals surface area contributed by atoms with Gasteiger partial charge in [0, 0.05) is 0 Å². The Balaban J connectivity index is 2.48. The van der Waals surface area contributed by atoms with Crippen LogP contribution in [0.15, 0.2) is 6.07 Å². The number of methoxy groups -OCH3 is 1. The van der Waals surface area contributed by atoms with Crippen molar-refractivity contribution in [1.82, 2.24) is 0 Å². The second-order valence-electron chi connectivity index (χ2n) is 6.04. The van der Waals surface area contributed by atoms with Crippen LogP contribution in [0.1, 0.15) is 33.3 Å². The first kappa shape index (κ1) is 15.5. The second kappa shape index (κ2) is 4.83. The van der Waals surface area contributed by atoms with E-state index in [1.54, 1.807) is 6.07 Å². The fourth-order valence-electron chi connectivity index (χ4n) is 2.10. The molecule has 1 aliphatic heterocycles. The minimum atomic E-state index is -0.535. The Morgan fingerprint density at radius 1 is 1.20 bits per heavy atom. The highest BCUT2D eigenvalue weighted by molar-refractivity contribution is 6.63. The van der Waals surface area contributed by atoms with Gasteiger partial charge in [-0.25, -0.2) is 0 Å². The zero-order valence-corrected chi connectivity index (χ0v) is 13.5. The van der Waals surface area contributed by atoms with Crippen LogP contribution < -0.4 is 10.2 Å². The molecule has 0 bridgehead atoms. The summed E-state index contributed by atoms with van der Waals surface area (Å²) in [7, 11) is 0.946. The second-order valence-corrected chi connectivity index (χ2v) is 6.42. The number of aromatic hydroxyl groups is 1. The van der Waals surface area contributed by atoms with E-state index in [2.05, 4.69) is 0 Å². The van der Waals surface area contributed by atoms with Crippen LogP contribution in [0.2, 0.25) is 5.02 Å². The average molecular weight is 299 g/mol. The monoisotopic (exact) mass is 298 g/mol. The van der Waals surface area contributed by atoms with E-state index >= 15 is 0 Å². The molecule has 1 N–H and O–H groups in total. The molecular formula is C14H20BClO4. The van der Waals surface area contributed by atoms with Gasteiger partial charge in [-0.3, -0.25) is 0 Å². The molecule has 1 fully saturated rings. The standard InChI is InChI=1S/C14H20BClO4/c1-8-9(7-10(18-6)12(17)11(8)16)15-19-13(2,3)14(4,5)20-15/h7,17H,1-6H3. The first-order chi connectivity index (χ1) is 9.10. The van der Waals surface area contributed by atoms with E-state index in [0.29, 0.717) is 5.75 Å². The molecule has 0 aromatic heterocycles. The minimum Gasteiger partial charge on any atom is -0.503 e. The van der Waals surface area contributed by atoms with Crippen LogP contribution in [0.5, 0.6) is 11.5 Å². The Morgan fingerprint density at radius 3 is 2.15 bits per heavy atom. The highest BCUT2D eigenvalue weighted by Crippen LogP contribution is 2.39. The Labute approximate surface area is 125 Å². The topological polar surface area (TPSA) is 47.9 Å². The maximum Gasteiger partial charge on any atom is 0.495 e. The minimum absolute atomic E-state index is 0.0630. The van der Waals surface area contributed by atoms with E-state index in [-0.39, 0.29) is 10.8 Å². The molecule has 0 amide bonds. The van der Waals surface area contributed by atoms with Gasteiger partial charge in [0.25, 0.3) is 0 Å². The highest BCUT2D eigenvalue weighted by Gasteiger charge is 2.52. The van der Waals surface area contributed by atoms with Gasteiger partial charge in [0.05, 0.1) is 23.3 Å². The van der Waals surface area contributed by atoms with E-state index < -0.39 is 18.3 Å². The van der Waals surface area contributed by atoms with Crippen LogP contribution in [0.4, 0.5) is 0 Å². The third-order valence-electron chi connectivity index (χ3n) is 4.22. The van der Waals surface area contributed by atoms with Crippen molar-refractivity contribution < 1.29 is 19.2 Å². The van der Waals surface area contributed by atoms with E-state index in [9.17, 15) is 5.11 Å². The molecule has 1 saturated heterocycles. The molecule has 1 aromatic carbocycles. The van der Waals surface area contributed by atoms with Crippen LogP contribution in [0.25, 0.3) is 0 Å². The van der Waals surface area contributed by atoms with Gasteiger partial charge >= 0.3 is 7.12 Å². The molecule has 6 heteroatoms. The molecule has 0 spiro atoms. The van der Waals surface area contributed by atoms with Crippen LogP contribution in [0.3, 0.4) is 0 Å². The predicted molar refractivity (Wildman–Crippen MR) is 80.1 cm³/mol. The van der Waals surface area contributed by atoms with Crippen molar-refractivity contribution in [2.75, 3.05) is 7.11 Å². The van der Waals surface area contributed by atoms with Gasteiger partial charge in [-0.1, -0.05) is 11.6 Å². The summed E-state index contributed by atoms with van der Waals surface area (Å²) in [6, 6.07) is 1.71. The Morgan fingerprint density at radius 2 is 1.70 bits per heavy atom. The summed E-state index contributed by atoms with van der Waals surface area (Å²) in [5.74, 6) is 0.247. The number of hydrogen-bond acceptors (Lipinski definition) is 4. The van der Waals surface area contributed by atoms with Crippen molar-refractivity contribution in [1.29, 1.82) is 0 Å². The Bertz CT molecular complexity index is 526. The molecule has 1 aromatic rings. The molecule has 1 heterocycles. The van der Waals surface area contributed by atoms with Gasteiger partial charge < -0.3 is 19.2 Å². The number of ether oxygens (including phenoxy) is 1. The average Bonchev–Trinajstić information content (AvgIpc) is 2.56. The van der Waals surface area contributed by atoms with E-state index in [4.69, 9.17) is 25.6 Å². The maximum absolute atomic E-state index is 9.91. The smallest absolute Gasteiger partial charge is 0.495 e. The van der Waals surface area contributed by atoms with Crippen LogP contribution in [-0.2, 0) is 9.31 Å². The third-order valence-corrected chi connectivity index (χ3v) is 4.68. The lowest BCUT2D eigenvalue weighted by Gasteiger charge is -2.32. The van der Waals surface area contributed by atoms with Crippen LogP contribution >= 0.6 is 11.6 Å². The molecule has 0 saturated carbocycles. The van der Waals surface area contributed by atoms with Crippen molar-refractivity contribution >= 4 is 24.2 Å². The van der Waals surface area contributed by atoms with E-state index in [1.807, 2.05) is 34.6 Å². The summed E-state index contributed by atoms with van der Waals surface area (Å²) in [5.41, 5.74) is 0.635. The fraction of sp³-hybridized carbons (Fsp3) is 0.571.